The lowest BCUT2D eigenvalue weighted by molar-refractivity contribution is 0.478. The minimum absolute atomic E-state index is 0.517. The van der Waals surface area contributed by atoms with Gasteiger partial charge in [-0.05, 0) is 42.9 Å². The van der Waals surface area contributed by atoms with Crippen molar-refractivity contribution in [3.05, 3.63) is 35.6 Å². The zero-order chi connectivity index (χ0) is 16.9. The Hall–Kier alpha value is -1.88. The molecule has 0 spiro atoms. The van der Waals surface area contributed by atoms with Crippen LogP contribution in [0.2, 0.25) is 0 Å². The lowest BCUT2D eigenvalue weighted by atomic mass is 10.0. The molecular weight excluding hydrogens is 286 g/mol. The second kappa shape index (κ2) is 7.59. The van der Waals surface area contributed by atoms with Crippen LogP contribution in [0.3, 0.4) is 0 Å². The van der Waals surface area contributed by atoms with Crippen LogP contribution in [0.25, 0.3) is 6.08 Å². The molecule has 1 saturated carbocycles. The first kappa shape index (κ1) is 17.5. The van der Waals surface area contributed by atoms with Crippen LogP contribution in [0.4, 0.5) is 0 Å². The summed E-state index contributed by atoms with van der Waals surface area (Å²) in [6.45, 7) is 10.1. The Balaban J connectivity index is 1.83. The number of nitrogens with one attached hydrogen (secondary N) is 4. The van der Waals surface area contributed by atoms with Gasteiger partial charge in [0.2, 0.25) is 0 Å². The summed E-state index contributed by atoms with van der Waals surface area (Å²) < 4.78 is 0. The summed E-state index contributed by atoms with van der Waals surface area (Å²) in [5.41, 5.74) is 3.50. The Kier molecular flexibility index (Phi) is 5.77. The first-order valence-corrected chi connectivity index (χ1v) is 8.32. The van der Waals surface area contributed by atoms with Gasteiger partial charge in [0.15, 0.2) is 0 Å². The summed E-state index contributed by atoms with van der Waals surface area (Å²) in [7, 11) is 1.90. The summed E-state index contributed by atoms with van der Waals surface area (Å²) in [6, 6.07) is 0. The number of imidazole rings is 1. The Morgan fingerprint density at radius 2 is 2.39 bits per heavy atom. The molecule has 0 aliphatic heterocycles. The van der Waals surface area contributed by atoms with Crippen LogP contribution in [0.15, 0.2) is 24.0 Å². The van der Waals surface area contributed by atoms with E-state index < -0.39 is 0 Å². The third-order valence-corrected chi connectivity index (χ3v) is 4.90. The van der Waals surface area contributed by atoms with Gasteiger partial charge in [0.05, 0.1) is 0 Å². The van der Waals surface area contributed by atoms with E-state index in [1.807, 2.05) is 19.3 Å². The zero-order valence-electron chi connectivity index (χ0n) is 14.5. The minimum atomic E-state index is 0.517. The predicted molar refractivity (Wildman–Crippen MR) is 96.4 cm³/mol. The summed E-state index contributed by atoms with van der Waals surface area (Å²) in [5.74, 6) is 1.54. The third-order valence-electron chi connectivity index (χ3n) is 4.90. The van der Waals surface area contributed by atoms with E-state index in [9.17, 15) is 0 Å². The maximum atomic E-state index is 7.57. The number of nitrogens with zero attached hydrogens (tertiary/aromatic N) is 1. The maximum absolute atomic E-state index is 7.57. The number of rotatable bonds is 10. The SMILES string of the molecule is C=C(CC1CC1(C)CC)NC/C(C=N)=C/c1ncc(CNC)[nH]1. The molecule has 0 radical (unpaired) electrons. The molecule has 1 aromatic heterocycles. The fourth-order valence-corrected chi connectivity index (χ4v) is 2.90. The molecule has 126 valence electrons. The van der Waals surface area contributed by atoms with Crippen LogP contribution in [0, 0.1) is 16.7 Å². The second-order valence-corrected chi connectivity index (χ2v) is 6.76. The molecule has 4 N–H and O–H groups in total. The second-order valence-electron chi connectivity index (χ2n) is 6.76. The summed E-state index contributed by atoms with van der Waals surface area (Å²) in [5, 5.41) is 14.0. The molecule has 1 heterocycles. The molecule has 5 nitrogen and oxygen atoms in total. The number of aromatic amines is 1. The smallest absolute Gasteiger partial charge is 0.130 e. The van der Waals surface area contributed by atoms with Crippen molar-refractivity contribution in [3.63, 3.8) is 0 Å². The van der Waals surface area contributed by atoms with Crippen LogP contribution >= 0.6 is 0 Å². The molecule has 0 amide bonds. The number of aromatic nitrogens is 2. The molecule has 2 rings (SSSR count). The molecule has 1 fully saturated rings. The van der Waals surface area contributed by atoms with E-state index in [2.05, 4.69) is 41.0 Å². The van der Waals surface area contributed by atoms with E-state index in [1.54, 1.807) is 0 Å². The predicted octanol–water partition coefficient (Wildman–Crippen LogP) is 3.09. The van der Waals surface area contributed by atoms with Gasteiger partial charge in [-0.15, -0.1) is 0 Å². The van der Waals surface area contributed by atoms with Crippen molar-refractivity contribution < 1.29 is 0 Å². The van der Waals surface area contributed by atoms with Crippen LogP contribution in [0.1, 0.15) is 44.6 Å². The normalized spacial score (nSPS) is 23.6. The van der Waals surface area contributed by atoms with Gasteiger partial charge in [-0.3, -0.25) is 0 Å². The van der Waals surface area contributed by atoms with Gasteiger partial charge >= 0.3 is 0 Å². The van der Waals surface area contributed by atoms with Crippen molar-refractivity contribution >= 4 is 12.3 Å². The number of hydrogen-bond acceptors (Lipinski definition) is 4. The van der Waals surface area contributed by atoms with Crippen molar-refractivity contribution in [3.8, 4) is 0 Å². The minimum Gasteiger partial charge on any atom is -0.385 e. The number of hydrogen-bond donors (Lipinski definition) is 4. The molecule has 5 heteroatoms. The highest BCUT2D eigenvalue weighted by Crippen LogP contribution is 2.57. The average molecular weight is 315 g/mol. The molecule has 23 heavy (non-hydrogen) atoms. The number of allylic oxidation sites excluding steroid dienone is 1. The topological polar surface area (TPSA) is 76.6 Å². The number of H-pyrrole nitrogens is 1. The van der Waals surface area contributed by atoms with Gasteiger partial charge in [-0.25, -0.2) is 4.98 Å². The van der Waals surface area contributed by atoms with Gasteiger partial charge in [0.25, 0.3) is 0 Å². The summed E-state index contributed by atoms with van der Waals surface area (Å²) >= 11 is 0. The zero-order valence-corrected chi connectivity index (χ0v) is 14.5. The summed E-state index contributed by atoms with van der Waals surface area (Å²) in [4.78, 5) is 7.54. The van der Waals surface area contributed by atoms with Gasteiger partial charge in [0, 0.05) is 36.9 Å². The maximum Gasteiger partial charge on any atom is 0.130 e. The Morgan fingerprint density at radius 1 is 1.61 bits per heavy atom. The molecule has 0 aromatic carbocycles. The highest BCUT2D eigenvalue weighted by Gasteiger charge is 2.47. The van der Waals surface area contributed by atoms with Crippen molar-refractivity contribution in [2.24, 2.45) is 11.3 Å². The third kappa shape index (κ3) is 4.79. The Labute approximate surface area is 139 Å². The van der Waals surface area contributed by atoms with E-state index in [0.717, 1.165) is 41.7 Å². The van der Waals surface area contributed by atoms with Gasteiger partial charge in [-0.1, -0.05) is 26.8 Å². The lowest BCUT2D eigenvalue weighted by Crippen LogP contribution is -2.17. The van der Waals surface area contributed by atoms with E-state index in [4.69, 9.17) is 5.41 Å². The van der Waals surface area contributed by atoms with Crippen LogP contribution in [-0.4, -0.2) is 29.8 Å². The van der Waals surface area contributed by atoms with Crippen LogP contribution < -0.4 is 10.6 Å². The van der Waals surface area contributed by atoms with Crippen LogP contribution in [0.5, 0.6) is 0 Å². The molecule has 1 aliphatic rings. The monoisotopic (exact) mass is 315 g/mol. The highest BCUT2D eigenvalue weighted by molar-refractivity contribution is 5.83. The van der Waals surface area contributed by atoms with Crippen LogP contribution in [-0.2, 0) is 6.54 Å². The van der Waals surface area contributed by atoms with E-state index in [0.29, 0.717) is 12.0 Å². The average Bonchev–Trinajstić information content (AvgIpc) is 2.96. The standard InChI is InChI=1S/C18H29N5/c1-5-18(3)8-15(18)6-13(2)21-10-14(9-19)7-17-22-12-16(23-17)11-20-4/h7,9,12,15,19-21H,2,5-6,8,10-11H2,1,3-4H3,(H,22,23)/b14-7+,19-9?. The fraction of sp³-hybridized carbons (Fsp3) is 0.556. The molecule has 2 unspecified atom stereocenters. The Bertz CT molecular complexity index is 586. The highest BCUT2D eigenvalue weighted by atomic mass is 14.9. The quantitative estimate of drug-likeness (QED) is 0.501. The largest absolute Gasteiger partial charge is 0.385 e. The molecule has 0 bridgehead atoms. The van der Waals surface area contributed by atoms with Crippen molar-refractivity contribution in [1.29, 1.82) is 5.41 Å². The molecule has 1 aromatic rings. The van der Waals surface area contributed by atoms with E-state index >= 15 is 0 Å². The Morgan fingerprint density at radius 3 is 3.00 bits per heavy atom. The summed E-state index contributed by atoms with van der Waals surface area (Å²) in [6.07, 6.45) is 8.66. The molecule has 0 saturated heterocycles. The van der Waals surface area contributed by atoms with Crippen molar-refractivity contribution in [2.75, 3.05) is 13.6 Å². The first-order chi connectivity index (χ1) is 11.0. The molecule has 2 atom stereocenters. The molecule has 1 aliphatic carbocycles. The van der Waals surface area contributed by atoms with E-state index in [1.165, 1.54) is 19.1 Å². The lowest BCUT2D eigenvalue weighted by Gasteiger charge is -2.12. The van der Waals surface area contributed by atoms with Gasteiger partial charge in [0.1, 0.15) is 5.82 Å². The van der Waals surface area contributed by atoms with Crippen molar-refractivity contribution in [1.82, 2.24) is 20.6 Å². The fourth-order valence-electron chi connectivity index (χ4n) is 2.90. The van der Waals surface area contributed by atoms with Gasteiger partial charge < -0.3 is 21.0 Å². The first-order valence-electron chi connectivity index (χ1n) is 8.32. The molecular formula is C18H29N5. The van der Waals surface area contributed by atoms with E-state index in [-0.39, 0.29) is 0 Å². The van der Waals surface area contributed by atoms with Crippen molar-refractivity contribution in [2.45, 2.75) is 39.7 Å². The van der Waals surface area contributed by atoms with Gasteiger partial charge in [-0.2, -0.15) is 0 Å².